The monoisotopic (exact) mass is 403 g/mol. The topological polar surface area (TPSA) is 42.2 Å². The molecule has 3 heteroatoms. The fourth-order valence-electron chi connectivity index (χ4n) is 5.10. The van der Waals surface area contributed by atoms with E-state index in [-0.39, 0.29) is 0 Å². The maximum absolute atomic E-state index is 12.0. The van der Waals surface area contributed by atoms with Crippen molar-refractivity contribution in [2.45, 2.75) is 71.8 Å². The van der Waals surface area contributed by atoms with E-state index in [1.807, 2.05) is 6.07 Å². The molecular weight excluding hydrogens is 370 g/mol. The molecular formula is C27H33NO2. The number of benzene rings is 2. The molecule has 1 aliphatic rings. The Hall–Kier alpha value is -2.55. The van der Waals surface area contributed by atoms with Crippen LogP contribution in [0, 0.1) is 12.8 Å². The number of rotatable bonds is 8. The van der Waals surface area contributed by atoms with Crippen LogP contribution in [0.2, 0.25) is 0 Å². The lowest BCUT2D eigenvalue weighted by Crippen LogP contribution is -2.17. The summed E-state index contributed by atoms with van der Waals surface area (Å²) in [5.41, 5.74) is 6.55. The van der Waals surface area contributed by atoms with Crippen LogP contribution in [-0.4, -0.2) is 15.6 Å². The molecule has 2 aromatic carbocycles. The minimum absolute atomic E-state index is 0.425. The normalized spacial score (nSPS) is 16.0. The van der Waals surface area contributed by atoms with Gasteiger partial charge in [-0.3, -0.25) is 0 Å². The maximum atomic E-state index is 12.0. The number of hydrogen-bond donors (Lipinski definition) is 1. The molecule has 1 aliphatic carbocycles. The molecule has 3 nitrogen and oxygen atoms in total. The van der Waals surface area contributed by atoms with Gasteiger partial charge >= 0.3 is 5.97 Å². The van der Waals surface area contributed by atoms with Gasteiger partial charge in [-0.1, -0.05) is 81.0 Å². The summed E-state index contributed by atoms with van der Waals surface area (Å²) in [5, 5.41) is 11.0. The molecule has 0 saturated heterocycles. The Morgan fingerprint density at radius 1 is 1.10 bits per heavy atom. The zero-order chi connectivity index (χ0) is 21.1. The van der Waals surface area contributed by atoms with Crippen molar-refractivity contribution in [1.82, 2.24) is 4.57 Å². The van der Waals surface area contributed by atoms with E-state index in [0.29, 0.717) is 11.5 Å². The van der Waals surface area contributed by atoms with Gasteiger partial charge < -0.3 is 9.67 Å². The summed E-state index contributed by atoms with van der Waals surface area (Å²) in [6, 6.07) is 14.4. The fourth-order valence-corrected chi connectivity index (χ4v) is 5.10. The second kappa shape index (κ2) is 9.07. The summed E-state index contributed by atoms with van der Waals surface area (Å²) in [6.07, 6.45) is 9.89. The van der Waals surface area contributed by atoms with Crippen LogP contribution < -0.4 is 0 Å². The predicted octanol–water partition coefficient (Wildman–Crippen LogP) is 6.77. The first-order valence-electron chi connectivity index (χ1n) is 11.5. The fraction of sp³-hybridized carbons (Fsp3) is 0.444. The Kier molecular flexibility index (Phi) is 6.26. The number of nitrogens with zero attached hydrogens (tertiary/aromatic N) is 1. The highest BCUT2D eigenvalue weighted by Gasteiger charge is 2.27. The Morgan fingerprint density at radius 3 is 2.63 bits per heavy atom. The molecule has 0 spiro atoms. The van der Waals surface area contributed by atoms with Gasteiger partial charge in [0.2, 0.25) is 0 Å². The van der Waals surface area contributed by atoms with Crippen LogP contribution in [-0.2, 0) is 19.4 Å². The lowest BCUT2D eigenvalue weighted by Gasteiger charge is -2.24. The predicted molar refractivity (Wildman–Crippen MR) is 123 cm³/mol. The van der Waals surface area contributed by atoms with Crippen molar-refractivity contribution in [3.05, 3.63) is 70.4 Å². The number of aryl methyl sites for hydroxylation is 2. The third-order valence-corrected chi connectivity index (χ3v) is 6.75. The summed E-state index contributed by atoms with van der Waals surface area (Å²) in [4.78, 5) is 12.0. The van der Waals surface area contributed by atoms with Crippen molar-refractivity contribution in [3.63, 3.8) is 0 Å². The molecule has 0 bridgehead atoms. The zero-order valence-corrected chi connectivity index (χ0v) is 18.3. The van der Waals surface area contributed by atoms with Gasteiger partial charge in [-0.25, -0.2) is 4.79 Å². The van der Waals surface area contributed by atoms with E-state index in [2.05, 4.69) is 48.7 Å². The van der Waals surface area contributed by atoms with Gasteiger partial charge in [0, 0.05) is 17.6 Å². The highest BCUT2D eigenvalue weighted by molar-refractivity contribution is 6.04. The third-order valence-electron chi connectivity index (χ3n) is 6.75. The van der Waals surface area contributed by atoms with E-state index >= 15 is 0 Å². The largest absolute Gasteiger partial charge is 0.478 e. The Bertz CT molecular complexity index is 1030. The van der Waals surface area contributed by atoms with Crippen molar-refractivity contribution < 1.29 is 9.90 Å². The summed E-state index contributed by atoms with van der Waals surface area (Å²) < 4.78 is 2.32. The van der Waals surface area contributed by atoms with E-state index in [4.69, 9.17) is 0 Å². The van der Waals surface area contributed by atoms with Gasteiger partial charge in [0.15, 0.2) is 0 Å². The molecule has 4 rings (SSSR count). The van der Waals surface area contributed by atoms with Crippen LogP contribution >= 0.6 is 0 Å². The average molecular weight is 404 g/mol. The van der Waals surface area contributed by atoms with Gasteiger partial charge in [-0.05, 0) is 49.3 Å². The van der Waals surface area contributed by atoms with Crippen molar-refractivity contribution >= 4 is 16.9 Å². The molecule has 0 fully saturated rings. The number of aromatic carboxylic acids is 1. The van der Waals surface area contributed by atoms with Gasteiger partial charge in [0.1, 0.15) is 0 Å². The van der Waals surface area contributed by atoms with E-state index in [0.717, 1.165) is 30.3 Å². The highest BCUT2D eigenvalue weighted by atomic mass is 16.4. The summed E-state index contributed by atoms with van der Waals surface area (Å²) in [6.45, 7) is 5.10. The second-order valence-corrected chi connectivity index (χ2v) is 8.96. The number of para-hydroxylation sites is 1. The summed E-state index contributed by atoms with van der Waals surface area (Å²) >= 11 is 0. The average Bonchev–Trinajstić information content (AvgIpc) is 3.06. The van der Waals surface area contributed by atoms with Crippen molar-refractivity contribution in [3.8, 4) is 0 Å². The van der Waals surface area contributed by atoms with Crippen LogP contribution in [0.15, 0.2) is 42.5 Å². The van der Waals surface area contributed by atoms with Gasteiger partial charge in [-0.2, -0.15) is 0 Å². The molecule has 1 unspecified atom stereocenters. The minimum atomic E-state index is -0.836. The molecule has 30 heavy (non-hydrogen) atoms. The quantitative estimate of drug-likeness (QED) is 0.422. The molecule has 1 N–H and O–H groups in total. The van der Waals surface area contributed by atoms with Crippen LogP contribution in [0.4, 0.5) is 0 Å². The number of carboxylic acids is 1. The SMILES string of the molecule is CCCCCCC1CCc2c(n(Cc3ccc(C)cc3)c3c(C(=O)O)cccc23)C1. The van der Waals surface area contributed by atoms with Gasteiger partial charge in [0.05, 0.1) is 11.1 Å². The minimum Gasteiger partial charge on any atom is -0.478 e. The van der Waals surface area contributed by atoms with Gasteiger partial charge in [-0.15, -0.1) is 0 Å². The molecule has 1 aromatic heterocycles. The van der Waals surface area contributed by atoms with Gasteiger partial charge in [0.25, 0.3) is 0 Å². The lowest BCUT2D eigenvalue weighted by molar-refractivity contribution is 0.0698. The van der Waals surface area contributed by atoms with Crippen LogP contribution in [0.3, 0.4) is 0 Å². The summed E-state index contributed by atoms with van der Waals surface area (Å²) in [5.74, 6) is -0.125. The molecule has 0 aliphatic heterocycles. The smallest absolute Gasteiger partial charge is 0.337 e. The number of carboxylic acid groups (broad SMARTS) is 1. The number of fused-ring (bicyclic) bond motifs is 3. The molecule has 3 aromatic rings. The van der Waals surface area contributed by atoms with E-state index < -0.39 is 5.97 Å². The van der Waals surface area contributed by atoms with Crippen LogP contribution in [0.5, 0.6) is 0 Å². The first kappa shape index (κ1) is 20.7. The second-order valence-electron chi connectivity index (χ2n) is 8.96. The van der Waals surface area contributed by atoms with E-state index in [9.17, 15) is 9.90 Å². The highest BCUT2D eigenvalue weighted by Crippen LogP contribution is 2.37. The first-order chi connectivity index (χ1) is 14.6. The molecule has 158 valence electrons. The third kappa shape index (κ3) is 4.16. The Labute approximate surface area is 179 Å². The van der Waals surface area contributed by atoms with Crippen LogP contribution in [0.1, 0.15) is 78.2 Å². The standard InChI is InChI=1S/C27H33NO2/c1-3-4-5-6-8-20-15-16-22-23-9-7-10-24(27(29)30)26(23)28(25(22)17-20)18-21-13-11-19(2)12-14-21/h7,9-14,20H,3-6,8,15-18H2,1-2H3,(H,29,30). The van der Waals surface area contributed by atoms with Crippen molar-refractivity contribution in [1.29, 1.82) is 0 Å². The number of carbonyl (C=O) groups is 1. The first-order valence-corrected chi connectivity index (χ1v) is 11.5. The molecule has 0 amide bonds. The Morgan fingerprint density at radius 2 is 1.90 bits per heavy atom. The van der Waals surface area contributed by atoms with Crippen LogP contribution in [0.25, 0.3) is 10.9 Å². The lowest BCUT2D eigenvalue weighted by atomic mass is 9.83. The maximum Gasteiger partial charge on any atom is 0.337 e. The number of hydrogen-bond acceptors (Lipinski definition) is 1. The molecule has 0 radical (unpaired) electrons. The zero-order valence-electron chi connectivity index (χ0n) is 18.3. The van der Waals surface area contributed by atoms with Crippen molar-refractivity contribution in [2.75, 3.05) is 0 Å². The number of unbranched alkanes of at least 4 members (excludes halogenated alkanes) is 3. The summed E-state index contributed by atoms with van der Waals surface area (Å²) in [7, 11) is 0. The number of aromatic nitrogens is 1. The van der Waals surface area contributed by atoms with E-state index in [1.54, 1.807) is 6.07 Å². The Balaban J connectivity index is 1.73. The molecule has 1 heterocycles. The molecule has 1 atom stereocenters. The van der Waals surface area contributed by atoms with Crippen molar-refractivity contribution in [2.24, 2.45) is 5.92 Å². The van der Waals surface area contributed by atoms with E-state index in [1.165, 1.54) is 60.9 Å². The molecule has 0 saturated carbocycles.